The Kier molecular flexibility index (Phi) is 6.54. The fraction of sp³-hybridized carbons (Fsp3) is 0.429. The number of ether oxygens (including phenoxy) is 1. The lowest BCUT2D eigenvalue weighted by atomic mass is 9.91. The van der Waals surface area contributed by atoms with E-state index >= 15 is 0 Å². The second kappa shape index (κ2) is 9.07. The lowest BCUT2D eigenvalue weighted by molar-refractivity contribution is -0.174. The van der Waals surface area contributed by atoms with E-state index in [4.69, 9.17) is 4.74 Å². The molecule has 1 fully saturated rings. The average Bonchev–Trinajstić information content (AvgIpc) is 2.63. The highest BCUT2D eigenvalue weighted by atomic mass is 19.3. The number of hydrogen-bond acceptors (Lipinski definition) is 2. The molecule has 0 amide bonds. The highest BCUT2D eigenvalue weighted by Gasteiger charge is 2.29. The Morgan fingerprint density at radius 2 is 1.44 bits per heavy atom. The minimum Gasteiger partial charge on any atom is -0.320 e. The maximum Gasteiger partial charge on any atom is 0.345 e. The normalized spacial score (nSPS) is 21.0. The van der Waals surface area contributed by atoms with Crippen LogP contribution in [-0.2, 0) is 17.8 Å². The van der Waals surface area contributed by atoms with E-state index in [1.54, 1.807) is 0 Å². The predicted molar refractivity (Wildman–Crippen MR) is 95.3 cm³/mol. The molecular formula is C21H25F2NO. The van der Waals surface area contributed by atoms with Crippen LogP contribution in [0.15, 0.2) is 60.7 Å². The molecule has 2 aromatic carbocycles. The first-order valence-corrected chi connectivity index (χ1v) is 8.96. The smallest absolute Gasteiger partial charge is 0.320 e. The summed E-state index contributed by atoms with van der Waals surface area (Å²) >= 11 is 0. The van der Waals surface area contributed by atoms with E-state index in [-0.39, 0.29) is 12.1 Å². The molecule has 134 valence electrons. The van der Waals surface area contributed by atoms with Crippen LogP contribution in [-0.4, -0.2) is 23.7 Å². The average molecular weight is 345 g/mol. The first kappa shape index (κ1) is 18.0. The highest BCUT2D eigenvalue weighted by Crippen LogP contribution is 2.28. The lowest BCUT2D eigenvalue weighted by Crippen LogP contribution is -2.40. The van der Waals surface area contributed by atoms with E-state index in [0.717, 1.165) is 32.4 Å². The third kappa shape index (κ3) is 5.62. The van der Waals surface area contributed by atoms with Gasteiger partial charge in [0.25, 0.3) is 0 Å². The van der Waals surface area contributed by atoms with Crippen molar-refractivity contribution < 1.29 is 13.5 Å². The molecule has 0 N–H and O–H groups in total. The summed E-state index contributed by atoms with van der Waals surface area (Å²) in [6, 6.07) is 20.9. The third-order valence-corrected chi connectivity index (χ3v) is 4.87. The molecular weight excluding hydrogens is 320 g/mol. The molecule has 0 heterocycles. The predicted octanol–water partition coefficient (Wildman–Crippen LogP) is 5.24. The maximum absolute atomic E-state index is 12.6. The monoisotopic (exact) mass is 345 g/mol. The van der Waals surface area contributed by atoms with Gasteiger partial charge in [-0.3, -0.25) is 4.90 Å². The molecule has 2 atom stereocenters. The molecule has 1 aliphatic carbocycles. The number of halogens is 2. The van der Waals surface area contributed by atoms with Crippen molar-refractivity contribution in [2.75, 3.05) is 0 Å². The summed E-state index contributed by atoms with van der Waals surface area (Å²) in [6.45, 7) is -1.04. The van der Waals surface area contributed by atoms with Gasteiger partial charge in [0.1, 0.15) is 0 Å². The standard InChI is InChI=1S/C21H25F2NO/c22-21(23)25-20-13-7-12-19(14-20)24(15-17-8-3-1-4-9-17)16-18-10-5-2-6-11-18/h1-6,8-11,19-21H,7,12-16H2/t19?,20-/m0/s1. The molecule has 2 nitrogen and oxygen atoms in total. The Hall–Kier alpha value is -1.78. The van der Waals surface area contributed by atoms with Crippen LogP contribution in [0.1, 0.15) is 36.8 Å². The Bertz CT molecular complexity index is 579. The van der Waals surface area contributed by atoms with Gasteiger partial charge in [0.15, 0.2) is 0 Å². The van der Waals surface area contributed by atoms with E-state index in [0.29, 0.717) is 6.42 Å². The molecule has 0 radical (unpaired) electrons. The maximum atomic E-state index is 12.6. The van der Waals surface area contributed by atoms with Gasteiger partial charge < -0.3 is 4.74 Å². The molecule has 4 heteroatoms. The summed E-state index contributed by atoms with van der Waals surface area (Å²) in [5.74, 6) is 0. The van der Waals surface area contributed by atoms with Crippen molar-refractivity contribution in [3.05, 3.63) is 71.8 Å². The summed E-state index contributed by atoms with van der Waals surface area (Å²) < 4.78 is 30.0. The van der Waals surface area contributed by atoms with Crippen LogP contribution in [0.25, 0.3) is 0 Å². The van der Waals surface area contributed by atoms with Gasteiger partial charge in [-0.1, -0.05) is 60.7 Å². The zero-order chi connectivity index (χ0) is 17.5. The van der Waals surface area contributed by atoms with Crippen LogP contribution < -0.4 is 0 Å². The van der Waals surface area contributed by atoms with E-state index < -0.39 is 6.61 Å². The highest BCUT2D eigenvalue weighted by molar-refractivity contribution is 5.17. The fourth-order valence-electron chi connectivity index (χ4n) is 3.67. The van der Waals surface area contributed by atoms with E-state index in [9.17, 15) is 8.78 Å². The van der Waals surface area contributed by atoms with Crippen molar-refractivity contribution in [3.8, 4) is 0 Å². The van der Waals surface area contributed by atoms with Gasteiger partial charge in [-0.25, -0.2) is 0 Å². The van der Waals surface area contributed by atoms with Gasteiger partial charge in [-0.2, -0.15) is 8.78 Å². The molecule has 0 aliphatic heterocycles. The van der Waals surface area contributed by atoms with E-state index in [1.165, 1.54) is 11.1 Å². The van der Waals surface area contributed by atoms with Gasteiger partial charge in [0.2, 0.25) is 0 Å². The molecule has 3 rings (SSSR count). The van der Waals surface area contributed by atoms with Crippen LogP contribution in [0.4, 0.5) is 8.78 Å². The Morgan fingerprint density at radius 1 is 0.880 bits per heavy atom. The number of benzene rings is 2. The minimum absolute atomic E-state index is 0.262. The number of rotatable bonds is 7. The van der Waals surface area contributed by atoms with Gasteiger partial charge in [0, 0.05) is 19.1 Å². The van der Waals surface area contributed by atoms with E-state index in [1.807, 2.05) is 36.4 Å². The summed E-state index contributed by atoms with van der Waals surface area (Å²) in [4.78, 5) is 2.41. The minimum atomic E-state index is -2.68. The van der Waals surface area contributed by atoms with Crippen LogP contribution in [0.5, 0.6) is 0 Å². The summed E-state index contributed by atoms with van der Waals surface area (Å²) in [7, 11) is 0. The van der Waals surface area contributed by atoms with Crippen molar-refractivity contribution >= 4 is 0 Å². The van der Waals surface area contributed by atoms with Gasteiger partial charge in [-0.05, 0) is 36.8 Å². The van der Waals surface area contributed by atoms with Crippen molar-refractivity contribution in [3.63, 3.8) is 0 Å². The molecule has 2 aromatic rings. The van der Waals surface area contributed by atoms with Crippen molar-refractivity contribution in [2.24, 2.45) is 0 Å². The first-order chi connectivity index (χ1) is 12.2. The first-order valence-electron chi connectivity index (χ1n) is 8.96. The zero-order valence-corrected chi connectivity index (χ0v) is 14.4. The summed E-state index contributed by atoms with van der Waals surface area (Å²) in [5.41, 5.74) is 2.49. The molecule has 0 saturated heterocycles. The lowest BCUT2D eigenvalue weighted by Gasteiger charge is -2.37. The molecule has 0 spiro atoms. The van der Waals surface area contributed by atoms with Crippen molar-refractivity contribution in [2.45, 2.75) is 57.5 Å². The van der Waals surface area contributed by atoms with Crippen molar-refractivity contribution in [1.29, 1.82) is 0 Å². The van der Waals surface area contributed by atoms with Crippen LogP contribution in [0.3, 0.4) is 0 Å². The summed E-state index contributed by atoms with van der Waals surface area (Å²) in [6.07, 6.45) is 3.02. The molecule has 1 saturated carbocycles. The SMILES string of the molecule is FC(F)O[C@H]1CCCC(N(Cc2ccccc2)Cc2ccccc2)C1. The Labute approximate surface area is 148 Å². The molecule has 1 unspecified atom stereocenters. The molecule has 1 aliphatic rings. The quantitative estimate of drug-likeness (QED) is 0.680. The Balaban J connectivity index is 1.72. The van der Waals surface area contributed by atoms with Gasteiger partial charge >= 0.3 is 6.61 Å². The topological polar surface area (TPSA) is 12.5 Å². The molecule has 0 bridgehead atoms. The van der Waals surface area contributed by atoms with Crippen LogP contribution >= 0.6 is 0 Å². The fourth-order valence-corrected chi connectivity index (χ4v) is 3.67. The summed E-state index contributed by atoms with van der Waals surface area (Å²) in [5, 5.41) is 0. The second-order valence-corrected chi connectivity index (χ2v) is 6.72. The van der Waals surface area contributed by atoms with Crippen LogP contribution in [0.2, 0.25) is 0 Å². The molecule has 25 heavy (non-hydrogen) atoms. The molecule has 0 aromatic heterocycles. The number of alkyl halides is 2. The number of hydrogen-bond donors (Lipinski definition) is 0. The van der Waals surface area contributed by atoms with Gasteiger partial charge in [0.05, 0.1) is 6.10 Å². The van der Waals surface area contributed by atoms with Crippen molar-refractivity contribution in [1.82, 2.24) is 4.90 Å². The third-order valence-electron chi connectivity index (χ3n) is 4.87. The van der Waals surface area contributed by atoms with Crippen LogP contribution in [0, 0.1) is 0 Å². The van der Waals surface area contributed by atoms with E-state index in [2.05, 4.69) is 29.2 Å². The Morgan fingerprint density at radius 3 is 1.96 bits per heavy atom. The van der Waals surface area contributed by atoms with Gasteiger partial charge in [-0.15, -0.1) is 0 Å². The number of nitrogens with zero attached hydrogens (tertiary/aromatic N) is 1. The largest absolute Gasteiger partial charge is 0.345 e. The second-order valence-electron chi connectivity index (χ2n) is 6.72. The zero-order valence-electron chi connectivity index (χ0n) is 14.4.